The molecule has 0 saturated heterocycles. The molecule has 106 valence electrons. The third kappa shape index (κ3) is 2.88. The van der Waals surface area contributed by atoms with Gasteiger partial charge in [-0.2, -0.15) is 0 Å². The molecule has 20 heavy (non-hydrogen) atoms. The molecule has 1 aliphatic rings. The SMILES string of the molecule is CC1CC1c1ccc(C(O)Cc2ccc(Cl)c(Cl)c2)o1. The van der Waals surface area contributed by atoms with Gasteiger partial charge in [-0.05, 0) is 42.2 Å². The Labute approximate surface area is 128 Å². The van der Waals surface area contributed by atoms with Crippen LogP contribution in [-0.2, 0) is 6.42 Å². The maximum Gasteiger partial charge on any atom is 0.133 e. The third-order valence-electron chi connectivity index (χ3n) is 3.86. The monoisotopic (exact) mass is 310 g/mol. The third-order valence-corrected chi connectivity index (χ3v) is 4.60. The van der Waals surface area contributed by atoms with Gasteiger partial charge in [0.25, 0.3) is 0 Å². The van der Waals surface area contributed by atoms with E-state index in [-0.39, 0.29) is 0 Å². The minimum Gasteiger partial charge on any atom is -0.463 e. The lowest BCUT2D eigenvalue weighted by molar-refractivity contribution is 0.148. The molecule has 4 heteroatoms. The van der Waals surface area contributed by atoms with Gasteiger partial charge in [-0.1, -0.05) is 36.2 Å². The summed E-state index contributed by atoms with van der Waals surface area (Å²) in [5.74, 6) is 2.83. The Morgan fingerprint density at radius 1 is 1.25 bits per heavy atom. The smallest absolute Gasteiger partial charge is 0.133 e. The van der Waals surface area contributed by atoms with Crippen molar-refractivity contribution in [1.29, 1.82) is 0 Å². The molecule has 1 heterocycles. The fraction of sp³-hybridized carbons (Fsp3) is 0.375. The van der Waals surface area contributed by atoms with Crippen molar-refractivity contribution in [3.63, 3.8) is 0 Å². The van der Waals surface area contributed by atoms with Gasteiger partial charge in [0.15, 0.2) is 0 Å². The summed E-state index contributed by atoms with van der Waals surface area (Å²) in [7, 11) is 0. The van der Waals surface area contributed by atoms with Crippen LogP contribution in [0.3, 0.4) is 0 Å². The molecular formula is C16H16Cl2O2. The molecule has 1 fully saturated rings. The van der Waals surface area contributed by atoms with Gasteiger partial charge in [0.2, 0.25) is 0 Å². The van der Waals surface area contributed by atoms with Crippen LogP contribution in [-0.4, -0.2) is 5.11 Å². The van der Waals surface area contributed by atoms with Gasteiger partial charge in [-0.3, -0.25) is 0 Å². The molecule has 0 aliphatic heterocycles. The lowest BCUT2D eigenvalue weighted by atomic mass is 10.1. The minimum atomic E-state index is -0.657. The van der Waals surface area contributed by atoms with E-state index in [0.717, 1.165) is 11.3 Å². The number of benzene rings is 1. The molecule has 0 amide bonds. The van der Waals surface area contributed by atoms with E-state index >= 15 is 0 Å². The number of aliphatic hydroxyl groups excluding tert-OH is 1. The van der Waals surface area contributed by atoms with E-state index in [1.165, 1.54) is 6.42 Å². The average molecular weight is 311 g/mol. The van der Waals surface area contributed by atoms with Gasteiger partial charge in [-0.25, -0.2) is 0 Å². The number of rotatable bonds is 4. The Morgan fingerprint density at radius 3 is 2.65 bits per heavy atom. The first-order valence-electron chi connectivity index (χ1n) is 6.76. The topological polar surface area (TPSA) is 33.4 Å². The largest absolute Gasteiger partial charge is 0.463 e. The van der Waals surface area contributed by atoms with Gasteiger partial charge >= 0.3 is 0 Å². The second-order valence-electron chi connectivity index (χ2n) is 5.53. The van der Waals surface area contributed by atoms with E-state index in [1.807, 2.05) is 18.2 Å². The lowest BCUT2D eigenvalue weighted by Crippen LogP contribution is -2.00. The predicted molar refractivity (Wildman–Crippen MR) is 80.4 cm³/mol. The van der Waals surface area contributed by atoms with Crippen LogP contribution in [0.25, 0.3) is 0 Å². The standard InChI is InChI=1S/C16H16Cl2O2/c1-9-6-11(9)15-4-5-16(20-15)14(19)8-10-2-3-12(17)13(18)7-10/h2-5,7,9,11,14,19H,6,8H2,1H3. The Bertz CT molecular complexity index is 621. The molecule has 2 aromatic rings. The zero-order valence-corrected chi connectivity index (χ0v) is 12.7. The Kier molecular flexibility index (Phi) is 3.80. The van der Waals surface area contributed by atoms with Crippen LogP contribution in [0, 0.1) is 5.92 Å². The van der Waals surface area contributed by atoms with E-state index in [4.69, 9.17) is 27.6 Å². The molecule has 0 bridgehead atoms. The average Bonchev–Trinajstić information content (AvgIpc) is 2.95. The summed E-state index contributed by atoms with van der Waals surface area (Å²) in [5.41, 5.74) is 0.935. The van der Waals surface area contributed by atoms with Crippen molar-refractivity contribution < 1.29 is 9.52 Å². The van der Waals surface area contributed by atoms with Crippen LogP contribution in [0.15, 0.2) is 34.7 Å². The molecule has 3 rings (SSSR count). The lowest BCUT2D eigenvalue weighted by Gasteiger charge is -2.09. The summed E-state index contributed by atoms with van der Waals surface area (Å²) in [4.78, 5) is 0. The zero-order chi connectivity index (χ0) is 14.3. The van der Waals surface area contributed by atoms with E-state index in [9.17, 15) is 5.11 Å². The Morgan fingerprint density at radius 2 is 2.00 bits per heavy atom. The summed E-state index contributed by atoms with van der Waals surface area (Å²) in [6.07, 6.45) is 0.981. The number of hydrogen-bond donors (Lipinski definition) is 1. The normalized spacial score (nSPS) is 22.8. The van der Waals surface area contributed by atoms with Crippen LogP contribution in [0.2, 0.25) is 10.0 Å². The molecule has 0 radical (unpaired) electrons. The first-order chi connectivity index (χ1) is 9.54. The first-order valence-corrected chi connectivity index (χ1v) is 7.52. The number of hydrogen-bond acceptors (Lipinski definition) is 2. The van der Waals surface area contributed by atoms with Gasteiger partial charge in [0, 0.05) is 12.3 Å². The second-order valence-corrected chi connectivity index (χ2v) is 6.34. The van der Waals surface area contributed by atoms with Crippen LogP contribution >= 0.6 is 23.2 Å². The molecule has 1 saturated carbocycles. The van der Waals surface area contributed by atoms with Crippen molar-refractivity contribution in [1.82, 2.24) is 0 Å². The highest BCUT2D eigenvalue weighted by Gasteiger charge is 2.36. The molecule has 1 N–H and O–H groups in total. The molecular weight excluding hydrogens is 295 g/mol. The van der Waals surface area contributed by atoms with Crippen LogP contribution in [0.1, 0.15) is 42.5 Å². The number of aliphatic hydroxyl groups is 1. The van der Waals surface area contributed by atoms with Crippen molar-refractivity contribution in [2.24, 2.45) is 5.92 Å². The van der Waals surface area contributed by atoms with Gasteiger partial charge in [0.1, 0.15) is 17.6 Å². The van der Waals surface area contributed by atoms with Gasteiger partial charge in [-0.15, -0.1) is 0 Å². The fourth-order valence-corrected chi connectivity index (χ4v) is 2.78. The predicted octanol–water partition coefficient (Wildman–Crippen LogP) is 4.99. The summed E-state index contributed by atoms with van der Waals surface area (Å²) < 4.78 is 5.76. The molecule has 1 aromatic carbocycles. The van der Waals surface area contributed by atoms with Crippen LogP contribution in [0.5, 0.6) is 0 Å². The van der Waals surface area contributed by atoms with Crippen molar-refractivity contribution in [3.8, 4) is 0 Å². The maximum atomic E-state index is 10.2. The van der Waals surface area contributed by atoms with Crippen LogP contribution < -0.4 is 0 Å². The summed E-state index contributed by atoms with van der Waals surface area (Å²) >= 11 is 11.9. The quantitative estimate of drug-likeness (QED) is 0.863. The summed E-state index contributed by atoms with van der Waals surface area (Å²) in [6, 6.07) is 9.22. The minimum absolute atomic E-state index is 0.462. The second kappa shape index (κ2) is 5.44. The number of halogens is 2. The Balaban J connectivity index is 1.70. The molecule has 2 nitrogen and oxygen atoms in total. The Hall–Kier alpha value is -0.960. The van der Waals surface area contributed by atoms with Gasteiger partial charge in [0.05, 0.1) is 10.0 Å². The molecule has 3 unspecified atom stereocenters. The molecule has 1 aliphatic carbocycles. The van der Waals surface area contributed by atoms with E-state index in [2.05, 4.69) is 6.92 Å². The summed E-state index contributed by atoms with van der Waals surface area (Å²) in [6.45, 7) is 2.21. The van der Waals surface area contributed by atoms with Crippen molar-refractivity contribution in [2.75, 3.05) is 0 Å². The fourth-order valence-electron chi connectivity index (χ4n) is 2.46. The van der Waals surface area contributed by atoms with Crippen molar-refractivity contribution in [2.45, 2.75) is 31.8 Å². The molecule has 3 atom stereocenters. The van der Waals surface area contributed by atoms with E-state index < -0.39 is 6.10 Å². The molecule has 1 aromatic heterocycles. The van der Waals surface area contributed by atoms with E-state index in [1.54, 1.807) is 12.1 Å². The summed E-state index contributed by atoms with van der Waals surface area (Å²) in [5, 5.41) is 11.3. The highest BCUT2D eigenvalue weighted by atomic mass is 35.5. The highest BCUT2D eigenvalue weighted by Crippen LogP contribution is 2.47. The molecule has 0 spiro atoms. The van der Waals surface area contributed by atoms with E-state index in [0.29, 0.717) is 34.1 Å². The van der Waals surface area contributed by atoms with Gasteiger partial charge < -0.3 is 9.52 Å². The first kappa shape index (κ1) is 14.0. The van der Waals surface area contributed by atoms with Crippen molar-refractivity contribution >= 4 is 23.2 Å². The van der Waals surface area contributed by atoms with Crippen molar-refractivity contribution in [3.05, 3.63) is 57.5 Å². The maximum absolute atomic E-state index is 10.2. The van der Waals surface area contributed by atoms with Crippen LogP contribution in [0.4, 0.5) is 0 Å². The zero-order valence-electron chi connectivity index (χ0n) is 11.1. The highest BCUT2D eigenvalue weighted by molar-refractivity contribution is 6.42. The number of furan rings is 1.